The smallest absolute Gasteiger partial charge is 0.225 e. The first-order chi connectivity index (χ1) is 6.75. The van der Waals surface area contributed by atoms with Crippen LogP contribution in [0.25, 0.3) is 0 Å². The molecule has 0 radical (unpaired) electrons. The molecule has 0 spiro atoms. The molecule has 1 heterocycles. The lowest BCUT2D eigenvalue weighted by Gasteiger charge is -2.26. The molecule has 1 amide bonds. The maximum Gasteiger partial charge on any atom is 0.225 e. The molecule has 1 aliphatic rings. The number of ether oxygens (including phenoxy) is 1. The highest BCUT2D eigenvalue weighted by Gasteiger charge is 2.23. The predicted molar refractivity (Wildman–Crippen MR) is 51.3 cm³/mol. The van der Waals surface area contributed by atoms with Crippen molar-refractivity contribution < 1.29 is 14.4 Å². The van der Waals surface area contributed by atoms with Crippen LogP contribution in [0.1, 0.15) is 12.8 Å². The number of hydrogen-bond donors (Lipinski definition) is 1. The summed E-state index contributed by atoms with van der Waals surface area (Å²) in [7, 11) is 1.77. The van der Waals surface area contributed by atoms with Gasteiger partial charge in [-0.25, -0.2) is 5.90 Å². The van der Waals surface area contributed by atoms with E-state index >= 15 is 0 Å². The van der Waals surface area contributed by atoms with Crippen molar-refractivity contribution in [1.29, 1.82) is 0 Å². The first-order valence-corrected chi connectivity index (χ1v) is 4.90. The molecule has 14 heavy (non-hydrogen) atoms. The standard InChI is InChI=1S/C9H18N2O3/c1-11(4-7-14-10)9(12)8-2-5-13-6-3-8/h8H,2-7,10H2,1H3. The molecular weight excluding hydrogens is 184 g/mol. The van der Waals surface area contributed by atoms with Gasteiger partial charge in [-0.3, -0.25) is 4.79 Å². The van der Waals surface area contributed by atoms with Gasteiger partial charge in [0.15, 0.2) is 0 Å². The Morgan fingerprint density at radius 3 is 2.79 bits per heavy atom. The summed E-state index contributed by atoms with van der Waals surface area (Å²) in [4.78, 5) is 17.9. The first-order valence-electron chi connectivity index (χ1n) is 4.90. The number of nitrogens with zero attached hydrogens (tertiary/aromatic N) is 1. The van der Waals surface area contributed by atoms with Crippen molar-refractivity contribution in [3.05, 3.63) is 0 Å². The Hall–Kier alpha value is -0.650. The van der Waals surface area contributed by atoms with Gasteiger partial charge in [-0.1, -0.05) is 0 Å². The highest BCUT2D eigenvalue weighted by molar-refractivity contribution is 5.78. The van der Waals surface area contributed by atoms with Gasteiger partial charge >= 0.3 is 0 Å². The van der Waals surface area contributed by atoms with E-state index < -0.39 is 0 Å². The van der Waals surface area contributed by atoms with E-state index in [2.05, 4.69) is 4.84 Å². The van der Waals surface area contributed by atoms with Gasteiger partial charge in [0.05, 0.1) is 6.61 Å². The second-order valence-electron chi connectivity index (χ2n) is 3.52. The molecule has 1 saturated heterocycles. The molecule has 5 heteroatoms. The van der Waals surface area contributed by atoms with Gasteiger partial charge < -0.3 is 14.5 Å². The van der Waals surface area contributed by atoms with Crippen molar-refractivity contribution in [3.8, 4) is 0 Å². The Morgan fingerprint density at radius 1 is 1.57 bits per heavy atom. The van der Waals surface area contributed by atoms with E-state index in [-0.39, 0.29) is 11.8 Å². The third-order valence-corrected chi connectivity index (χ3v) is 2.49. The summed E-state index contributed by atoms with van der Waals surface area (Å²) in [5, 5.41) is 0. The quantitative estimate of drug-likeness (QED) is 0.639. The predicted octanol–water partition coefficient (Wildman–Crippen LogP) is -0.238. The molecule has 2 N–H and O–H groups in total. The fourth-order valence-corrected chi connectivity index (χ4v) is 1.56. The number of carbonyl (C=O) groups is 1. The molecule has 0 saturated carbocycles. The Balaban J connectivity index is 2.30. The van der Waals surface area contributed by atoms with Crippen LogP contribution >= 0.6 is 0 Å². The topological polar surface area (TPSA) is 64.8 Å². The molecule has 0 atom stereocenters. The van der Waals surface area contributed by atoms with Crippen LogP contribution in [0.5, 0.6) is 0 Å². The molecule has 0 aromatic rings. The lowest BCUT2D eigenvalue weighted by atomic mass is 9.99. The average Bonchev–Trinajstić information content (AvgIpc) is 2.26. The lowest BCUT2D eigenvalue weighted by Crippen LogP contribution is -2.37. The molecule has 1 fully saturated rings. The van der Waals surface area contributed by atoms with Gasteiger partial charge in [0, 0.05) is 32.7 Å². The minimum absolute atomic E-state index is 0.117. The number of rotatable bonds is 4. The van der Waals surface area contributed by atoms with E-state index in [4.69, 9.17) is 10.6 Å². The minimum atomic E-state index is 0.117. The number of likely N-dealkylation sites (N-methyl/N-ethyl adjacent to an activating group) is 1. The maximum atomic E-state index is 11.8. The largest absolute Gasteiger partial charge is 0.381 e. The second-order valence-corrected chi connectivity index (χ2v) is 3.52. The fraction of sp³-hybridized carbons (Fsp3) is 0.889. The molecular formula is C9H18N2O3. The SMILES string of the molecule is CN(CCON)C(=O)C1CCOCC1. The van der Waals surface area contributed by atoms with Crippen LogP contribution < -0.4 is 5.90 Å². The molecule has 1 aliphatic heterocycles. The molecule has 1 rings (SSSR count). The van der Waals surface area contributed by atoms with Crippen LogP contribution in [0.4, 0.5) is 0 Å². The van der Waals surface area contributed by atoms with Crippen LogP contribution in [0.15, 0.2) is 0 Å². The molecule has 0 bridgehead atoms. The van der Waals surface area contributed by atoms with Gasteiger partial charge in [-0.05, 0) is 12.8 Å². The summed E-state index contributed by atoms with van der Waals surface area (Å²) in [6.45, 7) is 2.31. The van der Waals surface area contributed by atoms with Crippen molar-refractivity contribution in [2.75, 3.05) is 33.4 Å². The zero-order chi connectivity index (χ0) is 10.4. The molecule has 0 aromatic carbocycles. The normalized spacial score (nSPS) is 18.1. The number of nitrogens with two attached hydrogens (primary N) is 1. The van der Waals surface area contributed by atoms with E-state index in [0.29, 0.717) is 26.4 Å². The Bertz CT molecular complexity index is 181. The summed E-state index contributed by atoms with van der Waals surface area (Å²) < 4.78 is 5.20. The monoisotopic (exact) mass is 202 g/mol. The van der Waals surface area contributed by atoms with Crippen LogP contribution in [0.2, 0.25) is 0 Å². The van der Waals surface area contributed by atoms with Crippen molar-refractivity contribution >= 4 is 5.91 Å². The molecule has 82 valence electrons. The van der Waals surface area contributed by atoms with Crippen molar-refractivity contribution in [1.82, 2.24) is 4.90 Å². The molecule has 0 aliphatic carbocycles. The van der Waals surface area contributed by atoms with Crippen LogP contribution in [0, 0.1) is 5.92 Å². The number of carbonyl (C=O) groups excluding carboxylic acids is 1. The highest BCUT2D eigenvalue weighted by Crippen LogP contribution is 2.16. The molecule has 5 nitrogen and oxygen atoms in total. The van der Waals surface area contributed by atoms with Crippen LogP contribution in [0.3, 0.4) is 0 Å². The van der Waals surface area contributed by atoms with Crippen molar-refractivity contribution in [2.45, 2.75) is 12.8 Å². The van der Waals surface area contributed by atoms with Gasteiger partial charge in [0.2, 0.25) is 5.91 Å². The first kappa shape index (κ1) is 11.4. The molecule has 0 aromatic heterocycles. The average molecular weight is 202 g/mol. The summed E-state index contributed by atoms with van der Waals surface area (Å²) in [5.41, 5.74) is 0. The van der Waals surface area contributed by atoms with E-state index in [1.807, 2.05) is 0 Å². The molecule has 0 unspecified atom stereocenters. The zero-order valence-corrected chi connectivity index (χ0v) is 8.57. The maximum absolute atomic E-state index is 11.8. The number of hydrogen-bond acceptors (Lipinski definition) is 4. The van der Waals surface area contributed by atoms with Crippen LogP contribution in [-0.4, -0.2) is 44.2 Å². The van der Waals surface area contributed by atoms with E-state index in [1.54, 1.807) is 11.9 Å². The lowest BCUT2D eigenvalue weighted by molar-refractivity contribution is -0.137. The Morgan fingerprint density at radius 2 is 2.21 bits per heavy atom. The van der Waals surface area contributed by atoms with Gasteiger partial charge in [0.1, 0.15) is 0 Å². The second kappa shape index (κ2) is 5.95. The zero-order valence-electron chi connectivity index (χ0n) is 8.57. The summed E-state index contributed by atoms with van der Waals surface area (Å²) in [5.74, 6) is 5.19. The Kier molecular flexibility index (Phi) is 4.86. The number of amides is 1. The minimum Gasteiger partial charge on any atom is -0.381 e. The summed E-state index contributed by atoms with van der Waals surface area (Å²) in [6.07, 6.45) is 1.65. The van der Waals surface area contributed by atoms with Gasteiger partial charge in [0.25, 0.3) is 0 Å². The third-order valence-electron chi connectivity index (χ3n) is 2.49. The Labute approximate surface area is 84.1 Å². The highest BCUT2D eigenvalue weighted by atomic mass is 16.6. The summed E-state index contributed by atoms with van der Waals surface area (Å²) in [6, 6.07) is 0. The van der Waals surface area contributed by atoms with E-state index in [9.17, 15) is 4.79 Å². The van der Waals surface area contributed by atoms with Crippen molar-refractivity contribution in [3.63, 3.8) is 0 Å². The summed E-state index contributed by atoms with van der Waals surface area (Å²) >= 11 is 0. The van der Waals surface area contributed by atoms with Crippen molar-refractivity contribution in [2.24, 2.45) is 11.8 Å². The van der Waals surface area contributed by atoms with E-state index in [1.165, 1.54) is 0 Å². The third kappa shape index (κ3) is 3.25. The van der Waals surface area contributed by atoms with Gasteiger partial charge in [-0.15, -0.1) is 0 Å². The van der Waals surface area contributed by atoms with Gasteiger partial charge in [-0.2, -0.15) is 0 Å². The fourth-order valence-electron chi connectivity index (χ4n) is 1.56. The van der Waals surface area contributed by atoms with Crippen LogP contribution in [-0.2, 0) is 14.4 Å². The van der Waals surface area contributed by atoms with E-state index in [0.717, 1.165) is 12.8 Å².